The van der Waals surface area contributed by atoms with Gasteiger partial charge in [0, 0.05) is 36.2 Å². The number of rotatable bonds is 5. The number of nitrogens with zero attached hydrogens (tertiary/aromatic N) is 1. The Balaban J connectivity index is 2.16. The molecule has 0 aromatic heterocycles. The third-order valence-corrected chi connectivity index (χ3v) is 5.46. The van der Waals surface area contributed by atoms with E-state index in [4.69, 9.17) is 5.73 Å². The summed E-state index contributed by atoms with van der Waals surface area (Å²) in [5.74, 6) is 1.23. The lowest BCUT2D eigenvalue weighted by Crippen LogP contribution is -2.58. The minimum absolute atomic E-state index is 0.136. The quantitative estimate of drug-likeness (QED) is 0.898. The molecular formula is C16H26N2S. The summed E-state index contributed by atoms with van der Waals surface area (Å²) in [7, 11) is 0. The predicted octanol–water partition coefficient (Wildman–Crippen LogP) is 2.77. The Morgan fingerprint density at radius 1 is 1.37 bits per heavy atom. The van der Waals surface area contributed by atoms with Gasteiger partial charge in [-0.15, -0.1) is 0 Å². The highest BCUT2D eigenvalue weighted by molar-refractivity contribution is 7.99. The van der Waals surface area contributed by atoms with Crippen LogP contribution in [0.4, 0.5) is 0 Å². The molecule has 1 aromatic carbocycles. The number of hydrogen-bond acceptors (Lipinski definition) is 3. The first-order chi connectivity index (χ1) is 9.20. The molecular weight excluding hydrogens is 252 g/mol. The van der Waals surface area contributed by atoms with Gasteiger partial charge >= 0.3 is 0 Å². The van der Waals surface area contributed by atoms with Gasteiger partial charge in [0.15, 0.2) is 0 Å². The highest BCUT2D eigenvalue weighted by Gasteiger charge is 2.36. The molecule has 1 aliphatic rings. The highest BCUT2D eigenvalue weighted by Crippen LogP contribution is 2.29. The number of thioether (sulfide) groups is 1. The Kier molecular flexibility index (Phi) is 5.31. The first-order valence-corrected chi connectivity index (χ1v) is 8.36. The first kappa shape index (κ1) is 14.9. The second-order valence-electron chi connectivity index (χ2n) is 5.57. The van der Waals surface area contributed by atoms with Crippen LogP contribution >= 0.6 is 11.8 Å². The van der Waals surface area contributed by atoms with Gasteiger partial charge in [-0.25, -0.2) is 0 Å². The molecule has 1 aliphatic heterocycles. The molecule has 1 heterocycles. The Bertz CT molecular complexity index is 376. The maximum Gasteiger partial charge on any atom is 0.0370 e. The molecule has 2 nitrogen and oxygen atoms in total. The Morgan fingerprint density at radius 2 is 2.11 bits per heavy atom. The van der Waals surface area contributed by atoms with Crippen molar-refractivity contribution in [2.24, 2.45) is 5.73 Å². The molecule has 0 saturated carbocycles. The molecule has 1 saturated heterocycles. The van der Waals surface area contributed by atoms with Crippen LogP contribution in [0.2, 0.25) is 0 Å². The van der Waals surface area contributed by atoms with Crippen molar-refractivity contribution in [3.8, 4) is 0 Å². The van der Waals surface area contributed by atoms with E-state index in [1.165, 1.54) is 24.4 Å². The Labute approximate surface area is 121 Å². The smallest absolute Gasteiger partial charge is 0.0370 e. The van der Waals surface area contributed by atoms with Gasteiger partial charge in [0.1, 0.15) is 0 Å². The predicted molar refractivity (Wildman–Crippen MR) is 85.7 cm³/mol. The molecule has 1 aromatic rings. The summed E-state index contributed by atoms with van der Waals surface area (Å²) in [6, 6.07) is 10.8. The zero-order valence-corrected chi connectivity index (χ0v) is 13.0. The molecule has 106 valence electrons. The van der Waals surface area contributed by atoms with Crippen molar-refractivity contribution in [2.45, 2.75) is 37.5 Å². The van der Waals surface area contributed by atoms with E-state index < -0.39 is 0 Å². The van der Waals surface area contributed by atoms with Gasteiger partial charge in [-0.1, -0.05) is 44.2 Å². The van der Waals surface area contributed by atoms with Crippen LogP contribution in [0.3, 0.4) is 0 Å². The lowest BCUT2D eigenvalue weighted by atomic mass is 9.86. The van der Waals surface area contributed by atoms with Crippen molar-refractivity contribution < 1.29 is 0 Å². The van der Waals surface area contributed by atoms with E-state index in [9.17, 15) is 0 Å². The fraction of sp³-hybridized carbons (Fsp3) is 0.625. The van der Waals surface area contributed by atoms with Crippen molar-refractivity contribution in [3.63, 3.8) is 0 Å². The molecule has 2 rings (SSSR count). The number of benzene rings is 1. The van der Waals surface area contributed by atoms with Crippen LogP contribution in [0.25, 0.3) is 0 Å². The average Bonchev–Trinajstić information content (AvgIpc) is 2.46. The maximum absolute atomic E-state index is 6.19. The Morgan fingerprint density at radius 3 is 2.68 bits per heavy atom. The van der Waals surface area contributed by atoms with Crippen LogP contribution < -0.4 is 5.73 Å². The summed E-state index contributed by atoms with van der Waals surface area (Å²) in [6.45, 7) is 7.70. The lowest BCUT2D eigenvalue weighted by molar-refractivity contribution is 0.0940. The topological polar surface area (TPSA) is 29.3 Å². The van der Waals surface area contributed by atoms with E-state index in [0.717, 1.165) is 24.6 Å². The lowest BCUT2D eigenvalue weighted by Gasteiger charge is -2.46. The van der Waals surface area contributed by atoms with E-state index in [1.54, 1.807) is 0 Å². The van der Waals surface area contributed by atoms with E-state index in [0.29, 0.717) is 0 Å². The normalized spacial score (nSPS) is 24.1. The monoisotopic (exact) mass is 278 g/mol. The summed E-state index contributed by atoms with van der Waals surface area (Å²) in [4.78, 5) is 2.64. The molecule has 19 heavy (non-hydrogen) atoms. The van der Waals surface area contributed by atoms with Crippen LogP contribution in [0.5, 0.6) is 0 Å². The van der Waals surface area contributed by atoms with Crippen molar-refractivity contribution in [3.05, 3.63) is 35.9 Å². The van der Waals surface area contributed by atoms with Crippen LogP contribution in [0, 0.1) is 0 Å². The summed E-state index contributed by atoms with van der Waals surface area (Å²) < 4.78 is 0. The van der Waals surface area contributed by atoms with Gasteiger partial charge in [0.05, 0.1) is 0 Å². The number of hydrogen-bond donors (Lipinski definition) is 1. The third-order valence-electron chi connectivity index (χ3n) is 4.33. The summed E-state index contributed by atoms with van der Waals surface area (Å²) in [6.07, 6.45) is 2.19. The van der Waals surface area contributed by atoms with Crippen LogP contribution in [-0.4, -0.2) is 41.1 Å². The molecule has 0 aliphatic carbocycles. The molecule has 2 unspecified atom stereocenters. The molecule has 0 radical (unpaired) electrons. The van der Waals surface area contributed by atoms with E-state index in [-0.39, 0.29) is 5.54 Å². The van der Waals surface area contributed by atoms with Crippen molar-refractivity contribution >= 4 is 11.8 Å². The SMILES string of the molecule is CCC(CN)(Cc1ccccc1)N1CCSC(C)C1. The van der Waals surface area contributed by atoms with Crippen molar-refractivity contribution in [1.29, 1.82) is 0 Å². The molecule has 3 heteroatoms. The maximum atomic E-state index is 6.19. The van der Waals surface area contributed by atoms with Gasteiger partial charge in [-0.3, -0.25) is 4.90 Å². The first-order valence-electron chi connectivity index (χ1n) is 7.31. The minimum Gasteiger partial charge on any atom is -0.329 e. The standard InChI is InChI=1S/C16H26N2S/c1-3-16(13-17,11-15-7-5-4-6-8-15)18-9-10-19-14(2)12-18/h4-8,14H,3,9-13,17H2,1-2H3. The zero-order chi connectivity index (χ0) is 13.7. The highest BCUT2D eigenvalue weighted by atomic mass is 32.2. The van der Waals surface area contributed by atoms with Crippen molar-refractivity contribution in [1.82, 2.24) is 4.90 Å². The summed E-state index contributed by atoms with van der Waals surface area (Å²) in [5, 5.41) is 0.724. The largest absolute Gasteiger partial charge is 0.329 e. The van der Waals surface area contributed by atoms with E-state index in [2.05, 4.69) is 60.8 Å². The second kappa shape index (κ2) is 6.78. The average molecular weight is 278 g/mol. The van der Waals surface area contributed by atoms with Gasteiger partial charge in [0.2, 0.25) is 0 Å². The van der Waals surface area contributed by atoms with E-state index >= 15 is 0 Å². The minimum atomic E-state index is 0.136. The summed E-state index contributed by atoms with van der Waals surface area (Å²) >= 11 is 2.08. The van der Waals surface area contributed by atoms with Gasteiger partial charge in [0.25, 0.3) is 0 Å². The van der Waals surface area contributed by atoms with Crippen LogP contribution in [0.15, 0.2) is 30.3 Å². The fourth-order valence-electron chi connectivity index (χ4n) is 3.03. The molecule has 2 N–H and O–H groups in total. The van der Waals surface area contributed by atoms with Gasteiger partial charge in [-0.2, -0.15) is 11.8 Å². The third kappa shape index (κ3) is 3.53. The molecule has 1 fully saturated rings. The van der Waals surface area contributed by atoms with E-state index in [1.807, 2.05) is 0 Å². The molecule has 0 bridgehead atoms. The van der Waals surface area contributed by atoms with Crippen LogP contribution in [0.1, 0.15) is 25.8 Å². The molecule has 0 amide bonds. The van der Waals surface area contributed by atoms with Gasteiger partial charge in [-0.05, 0) is 18.4 Å². The van der Waals surface area contributed by atoms with Gasteiger partial charge < -0.3 is 5.73 Å². The molecule has 2 atom stereocenters. The number of nitrogens with two attached hydrogens (primary N) is 1. The fourth-order valence-corrected chi connectivity index (χ4v) is 4.04. The Hall–Kier alpha value is -0.510. The summed E-state index contributed by atoms with van der Waals surface area (Å²) in [5.41, 5.74) is 7.73. The van der Waals surface area contributed by atoms with Crippen LogP contribution in [-0.2, 0) is 6.42 Å². The second-order valence-corrected chi connectivity index (χ2v) is 7.12. The zero-order valence-electron chi connectivity index (χ0n) is 12.1. The van der Waals surface area contributed by atoms with Crippen molar-refractivity contribution in [2.75, 3.05) is 25.4 Å². The molecule has 0 spiro atoms.